The predicted octanol–water partition coefficient (Wildman–Crippen LogP) is 1.71. The van der Waals surface area contributed by atoms with E-state index in [4.69, 9.17) is 22.9 Å². The van der Waals surface area contributed by atoms with E-state index in [1.807, 2.05) is 0 Å². The highest BCUT2D eigenvalue weighted by Crippen LogP contribution is 2.11. The smallest absolute Gasteiger partial charge is 0.135 e. The molecule has 0 bridgehead atoms. The molecule has 0 atom stereocenters. The van der Waals surface area contributed by atoms with Crippen LogP contribution in [0.4, 0.5) is 5.69 Å². The van der Waals surface area contributed by atoms with Crippen molar-refractivity contribution in [2.24, 2.45) is 0 Å². The van der Waals surface area contributed by atoms with Crippen LogP contribution in [0, 0.1) is 12.3 Å². The van der Waals surface area contributed by atoms with Gasteiger partial charge in [0.25, 0.3) is 0 Å². The zero-order valence-corrected chi connectivity index (χ0v) is 7.01. The Kier molecular flexibility index (Phi) is 3.39. The minimum absolute atomic E-state index is 0.208. The molecule has 0 aromatic carbocycles. The molecule has 4 heteroatoms. The molecule has 3 nitrogen and oxygen atoms in total. The third-order valence-corrected chi connectivity index (χ3v) is 1.28. The van der Waals surface area contributed by atoms with Crippen LogP contribution in [0.1, 0.15) is 0 Å². The summed E-state index contributed by atoms with van der Waals surface area (Å²) >= 11 is 5.61. The third kappa shape index (κ3) is 2.79. The molecule has 1 aromatic rings. The zero-order valence-electron chi connectivity index (χ0n) is 6.25. The molecule has 0 saturated carbocycles. The number of anilines is 1. The number of aromatic nitrogens is 1. The van der Waals surface area contributed by atoms with Gasteiger partial charge in [-0.2, -0.15) is 0 Å². The lowest BCUT2D eigenvalue weighted by Gasteiger charge is -2.02. The molecule has 0 saturated heterocycles. The van der Waals surface area contributed by atoms with Crippen LogP contribution in [0.2, 0.25) is 5.15 Å². The summed E-state index contributed by atoms with van der Waals surface area (Å²) in [6.07, 6.45) is 6.54. The van der Waals surface area contributed by atoms with Gasteiger partial charge in [0.05, 0.1) is 5.69 Å². The number of hydrogen-bond acceptors (Lipinski definition) is 3. The van der Waals surface area contributed by atoms with Gasteiger partial charge < -0.3 is 0 Å². The van der Waals surface area contributed by atoms with E-state index in [2.05, 4.69) is 16.4 Å². The van der Waals surface area contributed by atoms with E-state index in [0.717, 1.165) is 5.69 Å². The number of pyridine rings is 1. The third-order valence-electron chi connectivity index (χ3n) is 1.07. The quantitative estimate of drug-likeness (QED) is 0.335. The highest BCUT2D eigenvalue weighted by molar-refractivity contribution is 6.29. The maximum atomic E-state index is 5.61. The standard InChI is InChI=1S/C8H7ClN2O/c1-2-5-12-11-7-3-4-10-8(9)6-7/h1,3-4,6H,5H2,(H,10,11). The van der Waals surface area contributed by atoms with Gasteiger partial charge in [-0.25, -0.2) is 4.98 Å². The highest BCUT2D eigenvalue weighted by Gasteiger charge is 1.92. The lowest BCUT2D eigenvalue weighted by atomic mass is 10.4. The van der Waals surface area contributed by atoms with Gasteiger partial charge in [0.1, 0.15) is 11.8 Å². The Morgan fingerprint density at radius 1 is 1.75 bits per heavy atom. The first-order chi connectivity index (χ1) is 5.83. The lowest BCUT2D eigenvalue weighted by molar-refractivity contribution is 0.234. The van der Waals surface area contributed by atoms with E-state index >= 15 is 0 Å². The first-order valence-electron chi connectivity index (χ1n) is 3.26. The van der Waals surface area contributed by atoms with Gasteiger partial charge in [-0.15, -0.1) is 6.42 Å². The number of rotatable bonds is 3. The number of hydrogen-bond donors (Lipinski definition) is 1. The van der Waals surface area contributed by atoms with Crippen LogP contribution < -0.4 is 5.48 Å². The highest BCUT2D eigenvalue weighted by atomic mass is 35.5. The van der Waals surface area contributed by atoms with E-state index in [1.54, 1.807) is 18.3 Å². The molecule has 0 unspecified atom stereocenters. The van der Waals surface area contributed by atoms with Crippen LogP contribution in [0.3, 0.4) is 0 Å². The molecular formula is C8H7ClN2O. The molecule has 1 heterocycles. The summed E-state index contributed by atoms with van der Waals surface area (Å²) in [4.78, 5) is 8.65. The second kappa shape index (κ2) is 4.60. The van der Waals surface area contributed by atoms with Crippen LogP contribution in [-0.2, 0) is 4.84 Å². The summed E-state index contributed by atoms with van der Waals surface area (Å²) < 4.78 is 0. The largest absolute Gasteiger partial charge is 0.266 e. The van der Waals surface area contributed by atoms with E-state index in [9.17, 15) is 0 Å². The summed E-state index contributed by atoms with van der Waals surface area (Å²) in [6, 6.07) is 3.36. The van der Waals surface area contributed by atoms with Gasteiger partial charge in [0.2, 0.25) is 0 Å². The topological polar surface area (TPSA) is 34.1 Å². The molecule has 0 radical (unpaired) electrons. The maximum Gasteiger partial charge on any atom is 0.135 e. The normalized spacial score (nSPS) is 9.00. The number of halogens is 1. The molecule has 0 aliphatic carbocycles. The molecule has 1 rings (SSSR count). The van der Waals surface area contributed by atoms with E-state index in [1.165, 1.54) is 0 Å². The molecule has 0 fully saturated rings. The van der Waals surface area contributed by atoms with Crippen LogP contribution in [0.25, 0.3) is 0 Å². The number of nitrogens with zero attached hydrogens (tertiary/aromatic N) is 1. The van der Waals surface area contributed by atoms with Gasteiger partial charge >= 0.3 is 0 Å². The lowest BCUT2D eigenvalue weighted by Crippen LogP contribution is -2.00. The minimum Gasteiger partial charge on any atom is -0.266 e. The van der Waals surface area contributed by atoms with Crippen LogP contribution in [0.15, 0.2) is 18.3 Å². The average Bonchev–Trinajstić information content (AvgIpc) is 2.05. The predicted molar refractivity (Wildman–Crippen MR) is 47.7 cm³/mol. The van der Waals surface area contributed by atoms with Crippen LogP contribution >= 0.6 is 11.6 Å². The molecule has 1 N–H and O–H groups in total. The Bertz CT molecular complexity index is 295. The fraction of sp³-hybridized carbons (Fsp3) is 0.125. The van der Waals surface area contributed by atoms with Gasteiger partial charge in [-0.1, -0.05) is 17.5 Å². The first kappa shape index (κ1) is 8.85. The Labute approximate surface area is 75.7 Å². The van der Waals surface area contributed by atoms with Crippen LogP contribution in [0.5, 0.6) is 0 Å². The molecule has 12 heavy (non-hydrogen) atoms. The Balaban J connectivity index is 2.48. The molecular weight excluding hydrogens is 176 g/mol. The van der Waals surface area contributed by atoms with Gasteiger partial charge in [-0.05, 0) is 6.07 Å². The summed E-state index contributed by atoms with van der Waals surface area (Å²) in [5.41, 5.74) is 3.35. The van der Waals surface area contributed by atoms with Crippen molar-refractivity contribution in [3.05, 3.63) is 23.5 Å². The fourth-order valence-electron chi connectivity index (χ4n) is 0.627. The summed E-state index contributed by atoms with van der Waals surface area (Å²) in [5.74, 6) is 2.32. The SMILES string of the molecule is C#CCONc1ccnc(Cl)c1. The Morgan fingerprint density at radius 2 is 2.58 bits per heavy atom. The summed E-state index contributed by atoms with van der Waals surface area (Å²) in [7, 11) is 0. The monoisotopic (exact) mass is 182 g/mol. The molecule has 0 amide bonds. The van der Waals surface area contributed by atoms with E-state index < -0.39 is 0 Å². The van der Waals surface area contributed by atoms with Crippen molar-refractivity contribution in [2.75, 3.05) is 12.1 Å². The fourth-order valence-corrected chi connectivity index (χ4v) is 0.801. The zero-order chi connectivity index (χ0) is 8.81. The second-order valence-corrected chi connectivity index (χ2v) is 2.35. The van der Waals surface area contributed by atoms with Crippen LogP contribution in [-0.4, -0.2) is 11.6 Å². The molecule has 0 spiro atoms. The van der Waals surface area contributed by atoms with Gasteiger partial charge in [-0.3, -0.25) is 10.3 Å². The van der Waals surface area contributed by atoms with Crippen molar-refractivity contribution in [1.29, 1.82) is 0 Å². The summed E-state index contributed by atoms with van der Waals surface area (Å²) in [6.45, 7) is 0.208. The van der Waals surface area contributed by atoms with Gasteiger partial charge in [0, 0.05) is 12.3 Å². The molecule has 0 aliphatic rings. The minimum atomic E-state index is 0.208. The van der Waals surface area contributed by atoms with Crippen molar-refractivity contribution >= 4 is 17.3 Å². The van der Waals surface area contributed by atoms with Gasteiger partial charge in [0.15, 0.2) is 0 Å². The van der Waals surface area contributed by atoms with Crippen molar-refractivity contribution in [3.8, 4) is 12.3 Å². The Morgan fingerprint density at radius 3 is 3.25 bits per heavy atom. The number of nitrogens with one attached hydrogen (secondary N) is 1. The second-order valence-electron chi connectivity index (χ2n) is 1.96. The summed E-state index contributed by atoms with van der Waals surface area (Å²) in [5, 5.41) is 0.407. The molecule has 1 aromatic heterocycles. The van der Waals surface area contributed by atoms with E-state index in [0.29, 0.717) is 5.15 Å². The number of terminal acetylenes is 1. The van der Waals surface area contributed by atoms with Crippen molar-refractivity contribution < 1.29 is 4.84 Å². The molecule has 0 aliphatic heterocycles. The van der Waals surface area contributed by atoms with E-state index in [-0.39, 0.29) is 6.61 Å². The first-order valence-corrected chi connectivity index (χ1v) is 3.63. The average molecular weight is 183 g/mol. The maximum absolute atomic E-state index is 5.61. The van der Waals surface area contributed by atoms with Crippen molar-refractivity contribution in [3.63, 3.8) is 0 Å². The van der Waals surface area contributed by atoms with Crippen molar-refractivity contribution in [1.82, 2.24) is 4.98 Å². The Hall–Kier alpha value is -1.24. The van der Waals surface area contributed by atoms with Crippen molar-refractivity contribution in [2.45, 2.75) is 0 Å². The molecule has 62 valence electrons.